The van der Waals surface area contributed by atoms with Gasteiger partial charge in [-0.2, -0.15) is 0 Å². The molecule has 0 amide bonds. The molecule has 0 saturated carbocycles. The number of nitrogens with zero attached hydrogens (tertiary/aromatic N) is 4. The standard InChI is InChI=1S/C52H34N4/c1-3-9-35(10-4-1)37-15-19-41(20-16-37)50-34-51(42-21-17-38(18-22-42)36-11-5-2-6-12-36)56-52(55-50)47-30-45(43-25-23-39-13-7-27-53-48(39)32-43)29-46(31-47)44-26-24-40-14-8-28-54-49(40)33-44/h1-34H. The fourth-order valence-electron chi connectivity index (χ4n) is 7.38. The van der Waals surface area contributed by atoms with Crippen molar-refractivity contribution < 1.29 is 0 Å². The molecule has 0 unspecified atom stereocenters. The highest BCUT2D eigenvalue weighted by atomic mass is 14.9. The molecule has 0 aliphatic carbocycles. The number of pyridine rings is 2. The smallest absolute Gasteiger partial charge is 0.160 e. The van der Waals surface area contributed by atoms with Crippen LogP contribution in [-0.4, -0.2) is 19.9 Å². The highest BCUT2D eigenvalue weighted by Crippen LogP contribution is 2.36. The number of hydrogen-bond donors (Lipinski definition) is 0. The Bertz CT molecular complexity index is 2800. The third-order valence-corrected chi connectivity index (χ3v) is 10.4. The molecule has 10 aromatic rings. The van der Waals surface area contributed by atoms with Crippen LogP contribution in [0.5, 0.6) is 0 Å². The minimum Gasteiger partial charge on any atom is -0.256 e. The Hall–Kier alpha value is -7.56. The van der Waals surface area contributed by atoms with Crippen molar-refractivity contribution in [3.63, 3.8) is 0 Å². The Labute approximate surface area is 325 Å². The molecule has 10 rings (SSSR count). The average Bonchev–Trinajstić information content (AvgIpc) is 3.29. The van der Waals surface area contributed by atoms with E-state index in [1.807, 2.05) is 36.7 Å². The lowest BCUT2D eigenvalue weighted by molar-refractivity contribution is 1.18. The van der Waals surface area contributed by atoms with Gasteiger partial charge in [0.2, 0.25) is 0 Å². The number of rotatable bonds is 7. The molecule has 0 fully saturated rings. The molecule has 4 nitrogen and oxygen atoms in total. The summed E-state index contributed by atoms with van der Waals surface area (Å²) in [5.41, 5.74) is 15.5. The van der Waals surface area contributed by atoms with E-state index < -0.39 is 0 Å². The second-order valence-corrected chi connectivity index (χ2v) is 14.0. The maximum Gasteiger partial charge on any atom is 0.160 e. The fourth-order valence-corrected chi connectivity index (χ4v) is 7.38. The van der Waals surface area contributed by atoms with Crippen LogP contribution in [0.1, 0.15) is 0 Å². The van der Waals surface area contributed by atoms with Gasteiger partial charge in [-0.05, 0) is 93.0 Å². The van der Waals surface area contributed by atoms with Crippen LogP contribution < -0.4 is 0 Å². The van der Waals surface area contributed by atoms with E-state index in [9.17, 15) is 0 Å². The van der Waals surface area contributed by atoms with Crippen molar-refractivity contribution in [1.29, 1.82) is 0 Å². The molecule has 0 spiro atoms. The van der Waals surface area contributed by atoms with Crippen molar-refractivity contribution in [3.8, 4) is 78.4 Å². The molecule has 3 aromatic heterocycles. The largest absolute Gasteiger partial charge is 0.256 e. The quantitative estimate of drug-likeness (QED) is 0.165. The minimum atomic E-state index is 0.651. The Morgan fingerprint density at radius 2 is 0.643 bits per heavy atom. The van der Waals surface area contributed by atoms with E-state index in [0.29, 0.717) is 5.82 Å². The summed E-state index contributed by atoms with van der Waals surface area (Å²) in [4.78, 5) is 19.9. The van der Waals surface area contributed by atoms with Gasteiger partial charge < -0.3 is 0 Å². The first-order valence-corrected chi connectivity index (χ1v) is 18.8. The molecule has 0 bridgehead atoms. The molecule has 262 valence electrons. The maximum atomic E-state index is 5.30. The van der Waals surface area contributed by atoms with Gasteiger partial charge in [-0.3, -0.25) is 9.97 Å². The molecule has 0 N–H and O–H groups in total. The number of benzene rings is 7. The van der Waals surface area contributed by atoms with E-state index in [2.05, 4.69) is 180 Å². The summed E-state index contributed by atoms with van der Waals surface area (Å²) in [6, 6.07) is 68.0. The number of hydrogen-bond acceptors (Lipinski definition) is 4. The van der Waals surface area contributed by atoms with Gasteiger partial charge in [0.05, 0.1) is 22.4 Å². The summed E-state index contributed by atoms with van der Waals surface area (Å²) in [6.45, 7) is 0. The van der Waals surface area contributed by atoms with Crippen molar-refractivity contribution in [2.75, 3.05) is 0 Å². The molecular weight excluding hydrogens is 681 g/mol. The molecule has 0 aliphatic heterocycles. The third kappa shape index (κ3) is 6.61. The van der Waals surface area contributed by atoms with Crippen LogP contribution in [0.4, 0.5) is 0 Å². The monoisotopic (exact) mass is 714 g/mol. The van der Waals surface area contributed by atoms with Crippen LogP contribution in [-0.2, 0) is 0 Å². The maximum absolute atomic E-state index is 5.30. The molecule has 7 aromatic carbocycles. The van der Waals surface area contributed by atoms with Gasteiger partial charge in [0.25, 0.3) is 0 Å². The summed E-state index contributed by atoms with van der Waals surface area (Å²) in [7, 11) is 0. The van der Waals surface area contributed by atoms with E-state index in [0.717, 1.165) is 83.3 Å². The highest BCUT2D eigenvalue weighted by molar-refractivity contribution is 5.89. The zero-order valence-electron chi connectivity index (χ0n) is 30.4. The van der Waals surface area contributed by atoms with Crippen LogP contribution >= 0.6 is 0 Å². The lowest BCUT2D eigenvalue weighted by atomic mass is 9.94. The van der Waals surface area contributed by atoms with Crippen LogP contribution in [0.3, 0.4) is 0 Å². The van der Waals surface area contributed by atoms with Crippen LogP contribution in [0.15, 0.2) is 207 Å². The van der Waals surface area contributed by atoms with Gasteiger partial charge in [-0.15, -0.1) is 0 Å². The van der Waals surface area contributed by atoms with Crippen LogP contribution in [0.2, 0.25) is 0 Å². The lowest BCUT2D eigenvalue weighted by Gasteiger charge is -2.14. The predicted molar refractivity (Wildman–Crippen MR) is 231 cm³/mol. The SMILES string of the molecule is c1ccc(-c2ccc(-c3cc(-c4ccc(-c5ccccc5)cc4)nc(-c4cc(-c5ccc6cccnc6c5)cc(-c5ccc6cccnc6c5)c4)n3)cc2)cc1. The lowest BCUT2D eigenvalue weighted by Crippen LogP contribution is -1.97. The summed E-state index contributed by atoms with van der Waals surface area (Å²) in [6.07, 6.45) is 3.69. The third-order valence-electron chi connectivity index (χ3n) is 10.4. The Kier molecular flexibility index (Phi) is 8.47. The molecular formula is C52H34N4. The van der Waals surface area contributed by atoms with Gasteiger partial charge in [0, 0.05) is 39.9 Å². The van der Waals surface area contributed by atoms with Crippen LogP contribution in [0.25, 0.3) is 100 Å². The molecule has 3 heterocycles. The summed E-state index contributed by atoms with van der Waals surface area (Å²) in [5.74, 6) is 0.651. The Morgan fingerprint density at radius 1 is 0.250 bits per heavy atom. The molecule has 4 heteroatoms. The first-order valence-electron chi connectivity index (χ1n) is 18.8. The van der Waals surface area contributed by atoms with Gasteiger partial charge in [-0.25, -0.2) is 9.97 Å². The van der Waals surface area contributed by atoms with E-state index >= 15 is 0 Å². The van der Waals surface area contributed by atoms with Gasteiger partial charge >= 0.3 is 0 Å². The van der Waals surface area contributed by atoms with Crippen LogP contribution in [0, 0.1) is 0 Å². The zero-order chi connectivity index (χ0) is 37.3. The summed E-state index contributed by atoms with van der Waals surface area (Å²) < 4.78 is 0. The zero-order valence-corrected chi connectivity index (χ0v) is 30.4. The van der Waals surface area contributed by atoms with Gasteiger partial charge in [-0.1, -0.05) is 146 Å². The number of aromatic nitrogens is 4. The fraction of sp³-hybridized carbons (Fsp3) is 0. The van der Waals surface area contributed by atoms with E-state index in [1.165, 1.54) is 11.1 Å². The average molecular weight is 715 g/mol. The minimum absolute atomic E-state index is 0.651. The Balaban J connectivity index is 1.15. The summed E-state index contributed by atoms with van der Waals surface area (Å²) >= 11 is 0. The molecule has 0 atom stereocenters. The molecule has 0 radical (unpaired) electrons. The van der Waals surface area contributed by atoms with Crippen molar-refractivity contribution in [1.82, 2.24) is 19.9 Å². The second kappa shape index (κ2) is 14.3. The first-order chi connectivity index (χ1) is 27.7. The first kappa shape index (κ1) is 33.0. The molecule has 56 heavy (non-hydrogen) atoms. The molecule has 0 saturated heterocycles. The topological polar surface area (TPSA) is 51.6 Å². The van der Waals surface area contributed by atoms with Gasteiger partial charge in [0.15, 0.2) is 5.82 Å². The predicted octanol–water partition coefficient (Wildman–Crippen LogP) is 13.2. The van der Waals surface area contributed by atoms with E-state index in [1.54, 1.807) is 0 Å². The number of fused-ring (bicyclic) bond motifs is 2. The van der Waals surface area contributed by atoms with Gasteiger partial charge in [0.1, 0.15) is 0 Å². The molecule has 0 aliphatic rings. The van der Waals surface area contributed by atoms with Crippen molar-refractivity contribution >= 4 is 21.8 Å². The Morgan fingerprint density at radius 3 is 1.11 bits per heavy atom. The normalized spacial score (nSPS) is 11.2. The van der Waals surface area contributed by atoms with Crippen molar-refractivity contribution in [2.24, 2.45) is 0 Å². The van der Waals surface area contributed by atoms with E-state index in [4.69, 9.17) is 9.97 Å². The highest BCUT2D eigenvalue weighted by Gasteiger charge is 2.15. The van der Waals surface area contributed by atoms with Crippen molar-refractivity contribution in [3.05, 3.63) is 207 Å². The van der Waals surface area contributed by atoms with E-state index in [-0.39, 0.29) is 0 Å². The second-order valence-electron chi connectivity index (χ2n) is 14.0. The van der Waals surface area contributed by atoms with Crippen molar-refractivity contribution in [2.45, 2.75) is 0 Å². The summed E-state index contributed by atoms with van der Waals surface area (Å²) in [5, 5.41) is 2.20.